The molecule has 0 aromatic heterocycles. The van der Waals surface area contributed by atoms with Gasteiger partial charge >= 0.3 is 0 Å². The summed E-state index contributed by atoms with van der Waals surface area (Å²) in [6.45, 7) is 5.64. The Hall–Kier alpha value is -0.200. The van der Waals surface area contributed by atoms with Gasteiger partial charge in [0.15, 0.2) is 0 Å². The molecule has 0 rings (SSSR count). The number of hydrogen-bond donors (Lipinski definition) is 2. The fourth-order valence-electron chi connectivity index (χ4n) is 1.25. The van der Waals surface area contributed by atoms with Crippen LogP contribution in [0.25, 0.3) is 0 Å². The molecular formula is C9H20N2O2S2. The molecule has 0 bridgehead atoms. The molecule has 0 saturated carbocycles. The van der Waals surface area contributed by atoms with Gasteiger partial charge < -0.3 is 5.73 Å². The van der Waals surface area contributed by atoms with Crippen molar-refractivity contribution in [2.24, 2.45) is 11.7 Å². The van der Waals surface area contributed by atoms with Crippen LogP contribution in [0.1, 0.15) is 33.6 Å². The molecule has 0 amide bonds. The molecule has 0 aliphatic carbocycles. The Morgan fingerprint density at radius 1 is 1.47 bits per heavy atom. The first-order valence-corrected chi connectivity index (χ1v) is 7.11. The molecular weight excluding hydrogens is 232 g/mol. The molecule has 90 valence electrons. The third-order valence-corrected chi connectivity index (χ3v) is 3.80. The van der Waals surface area contributed by atoms with Crippen molar-refractivity contribution >= 4 is 27.2 Å². The van der Waals surface area contributed by atoms with Crippen molar-refractivity contribution in [2.45, 2.75) is 39.7 Å². The van der Waals surface area contributed by atoms with Crippen LogP contribution in [0.3, 0.4) is 0 Å². The second-order valence-electron chi connectivity index (χ2n) is 4.07. The van der Waals surface area contributed by atoms with E-state index < -0.39 is 10.0 Å². The van der Waals surface area contributed by atoms with Crippen LogP contribution in [0.5, 0.6) is 0 Å². The summed E-state index contributed by atoms with van der Waals surface area (Å²) in [6, 6.07) is -0.175. The molecule has 15 heavy (non-hydrogen) atoms. The summed E-state index contributed by atoms with van der Waals surface area (Å²) in [4.78, 5) is 0.342. The second kappa shape index (κ2) is 6.40. The van der Waals surface area contributed by atoms with Crippen LogP contribution >= 0.6 is 12.2 Å². The van der Waals surface area contributed by atoms with E-state index in [1.807, 2.05) is 20.8 Å². The highest BCUT2D eigenvalue weighted by Crippen LogP contribution is 2.04. The second-order valence-corrected chi connectivity index (χ2v) is 6.39. The van der Waals surface area contributed by atoms with Gasteiger partial charge in [0.1, 0.15) is 0 Å². The number of hydrogen-bond acceptors (Lipinski definition) is 3. The Labute approximate surface area is 97.7 Å². The molecule has 6 heteroatoms. The predicted octanol–water partition coefficient (Wildman–Crippen LogP) is 1.02. The van der Waals surface area contributed by atoms with Crippen LogP contribution in [0.2, 0.25) is 0 Å². The highest BCUT2D eigenvalue weighted by molar-refractivity contribution is 7.89. The first-order valence-electron chi connectivity index (χ1n) is 5.05. The van der Waals surface area contributed by atoms with E-state index in [9.17, 15) is 8.42 Å². The van der Waals surface area contributed by atoms with Gasteiger partial charge in [-0.15, -0.1) is 0 Å². The Kier molecular flexibility index (Phi) is 6.31. The maximum atomic E-state index is 11.6. The first-order chi connectivity index (χ1) is 6.76. The van der Waals surface area contributed by atoms with Gasteiger partial charge in [0.2, 0.25) is 10.0 Å². The maximum absolute atomic E-state index is 11.6. The molecule has 0 radical (unpaired) electrons. The van der Waals surface area contributed by atoms with Gasteiger partial charge in [-0.1, -0.05) is 33.0 Å². The number of thiocarbonyl (C=S) groups is 1. The molecule has 0 aromatic carbocycles. The fourth-order valence-corrected chi connectivity index (χ4v) is 3.19. The van der Waals surface area contributed by atoms with Crippen molar-refractivity contribution in [1.82, 2.24) is 4.72 Å². The Balaban J connectivity index is 4.34. The van der Waals surface area contributed by atoms with Crippen LogP contribution < -0.4 is 10.5 Å². The Morgan fingerprint density at radius 3 is 2.33 bits per heavy atom. The van der Waals surface area contributed by atoms with Gasteiger partial charge in [0, 0.05) is 12.5 Å². The lowest BCUT2D eigenvalue weighted by atomic mass is 10.2. The monoisotopic (exact) mass is 252 g/mol. The van der Waals surface area contributed by atoms with E-state index >= 15 is 0 Å². The van der Waals surface area contributed by atoms with Crippen LogP contribution in [0, 0.1) is 5.92 Å². The Morgan fingerprint density at radius 2 is 2.00 bits per heavy atom. The van der Waals surface area contributed by atoms with E-state index in [-0.39, 0.29) is 17.7 Å². The summed E-state index contributed by atoms with van der Waals surface area (Å²) < 4.78 is 25.8. The van der Waals surface area contributed by atoms with E-state index in [2.05, 4.69) is 4.72 Å². The van der Waals surface area contributed by atoms with E-state index in [1.54, 1.807) is 0 Å². The maximum Gasteiger partial charge on any atom is 0.212 e. The van der Waals surface area contributed by atoms with Crippen molar-refractivity contribution in [1.29, 1.82) is 0 Å². The molecule has 0 spiro atoms. The standard InChI is InChI=1S/C9H20N2O2S2/c1-4-8(5-9(10)14)11-15(12,13)6-7(2)3/h7-8,11H,4-6H2,1-3H3,(H2,10,14). The van der Waals surface area contributed by atoms with Gasteiger partial charge in [-0.2, -0.15) is 0 Å². The van der Waals surface area contributed by atoms with E-state index in [4.69, 9.17) is 18.0 Å². The van der Waals surface area contributed by atoms with Crippen molar-refractivity contribution in [3.63, 3.8) is 0 Å². The molecule has 4 nitrogen and oxygen atoms in total. The smallest absolute Gasteiger partial charge is 0.212 e. The van der Waals surface area contributed by atoms with Crippen LogP contribution in [0.15, 0.2) is 0 Å². The SMILES string of the molecule is CCC(CC(N)=S)NS(=O)(=O)CC(C)C. The first kappa shape index (κ1) is 14.8. The zero-order valence-corrected chi connectivity index (χ0v) is 11.1. The van der Waals surface area contributed by atoms with E-state index in [1.165, 1.54) is 0 Å². The van der Waals surface area contributed by atoms with Crippen molar-refractivity contribution in [3.05, 3.63) is 0 Å². The minimum absolute atomic E-state index is 0.116. The average molecular weight is 252 g/mol. The third-order valence-electron chi connectivity index (χ3n) is 1.84. The molecule has 0 heterocycles. The topological polar surface area (TPSA) is 72.2 Å². The number of nitrogens with one attached hydrogen (secondary N) is 1. The molecule has 0 aliphatic rings. The summed E-state index contributed by atoms with van der Waals surface area (Å²) in [7, 11) is -3.20. The lowest BCUT2D eigenvalue weighted by Gasteiger charge is -2.17. The lowest BCUT2D eigenvalue weighted by Crippen LogP contribution is -2.39. The molecule has 1 atom stereocenters. The van der Waals surface area contributed by atoms with E-state index in [0.29, 0.717) is 17.8 Å². The fraction of sp³-hybridized carbons (Fsp3) is 0.889. The van der Waals surface area contributed by atoms with Crippen molar-refractivity contribution in [2.75, 3.05) is 5.75 Å². The summed E-state index contributed by atoms with van der Waals surface area (Å²) in [5.74, 6) is 0.255. The number of rotatable bonds is 7. The van der Waals surface area contributed by atoms with Crippen LogP contribution in [-0.2, 0) is 10.0 Å². The molecule has 0 aliphatic heterocycles. The van der Waals surface area contributed by atoms with Crippen molar-refractivity contribution < 1.29 is 8.42 Å². The highest BCUT2D eigenvalue weighted by atomic mass is 32.2. The van der Waals surface area contributed by atoms with E-state index in [0.717, 1.165) is 0 Å². The normalized spacial score (nSPS) is 14.1. The zero-order valence-electron chi connectivity index (χ0n) is 9.49. The highest BCUT2D eigenvalue weighted by Gasteiger charge is 2.18. The quantitative estimate of drug-likeness (QED) is 0.664. The Bertz CT molecular complexity index is 299. The zero-order chi connectivity index (χ0) is 12.1. The van der Waals surface area contributed by atoms with Crippen molar-refractivity contribution in [3.8, 4) is 0 Å². The summed E-state index contributed by atoms with van der Waals surface area (Å²) in [5, 5.41) is 0. The number of sulfonamides is 1. The summed E-state index contributed by atoms with van der Waals surface area (Å²) in [5.41, 5.74) is 5.39. The molecule has 0 aromatic rings. The minimum atomic E-state index is -3.20. The predicted molar refractivity (Wildman–Crippen MR) is 67.2 cm³/mol. The van der Waals surface area contributed by atoms with Gasteiger partial charge in [-0.05, 0) is 12.3 Å². The molecule has 0 fully saturated rings. The summed E-state index contributed by atoms with van der Waals surface area (Å²) in [6.07, 6.45) is 1.11. The largest absolute Gasteiger partial charge is 0.393 e. The summed E-state index contributed by atoms with van der Waals surface area (Å²) >= 11 is 4.76. The molecule has 3 N–H and O–H groups in total. The van der Waals surface area contributed by atoms with Gasteiger partial charge in [0.25, 0.3) is 0 Å². The average Bonchev–Trinajstić information content (AvgIpc) is 1.98. The van der Waals surface area contributed by atoms with Crippen LogP contribution in [0.4, 0.5) is 0 Å². The third kappa shape index (κ3) is 7.70. The molecule has 0 saturated heterocycles. The van der Waals surface area contributed by atoms with Gasteiger partial charge in [-0.25, -0.2) is 13.1 Å². The molecule has 1 unspecified atom stereocenters. The van der Waals surface area contributed by atoms with Gasteiger partial charge in [0.05, 0.1) is 10.7 Å². The lowest BCUT2D eigenvalue weighted by molar-refractivity contribution is 0.537. The van der Waals surface area contributed by atoms with Crippen LogP contribution in [-0.4, -0.2) is 25.2 Å². The number of nitrogens with two attached hydrogens (primary N) is 1. The minimum Gasteiger partial charge on any atom is -0.393 e. The van der Waals surface area contributed by atoms with Gasteiger partial charge in [-0.3, -0.25) is 0 Å².